The van der Waals surface area contributed by atoms with Crippen LogP contribution in [0.1, 0.15) is 56.9 Å². The molecule has 0 unspecified atom stereocenters. The van der Waals surface area contributed by atoms with Gasteiger partial charge >= 0.3 is 0 Å². The van der Waals surface area contributed by atoms with Crippen molar-refractivity contribution in [2.45, 2.75) is 65.1 Å². The van der Waals surface area contributed by atoms with Gasteiger partial charge in [-0.3, -0.25) is 4.98 Å². The summed E-state index contributed by atoms with van der Waals surface area (Å²) in [6, 6.07) is 2.33. The smallest absolute Gasteiger partial charge is 0.168 e. The lowest BCUT2D eigenvalue weighted by molar-refractivity contribution is -0.304. The molecule has 1 aliphatic heterocycles. The van der Waals surface area contributed by atoms with E-state index < -0.39 is 0 Å². The van der Waals surface area contributed by atoms with Gasteiger partial charge in [0.1, 0.15) is 0 Å². The van der Waals surface area contributed by atoms with Gasteiger partial charge in [-0.2, -0.15) is 0 Å². The number of fused-ring (bicyclic) bond motifs is 1. The fourth-order valence-electron chi connectivity index (χ4n) is 3.22. The van der Waals surface area contributed by atoms with Crippen LogP contribution in [0.15, 0.2) is 12.3 Å². The number of hydrogen-bond donors (Lipinski definition) is 0. The topological polar surface area (TPSA) is 31.4 Å². The van der Waals surface area contributed by atoms with Crippen molar-refractivity contribution in [1.29, 1.82) is 0 Å². The summed E-state index contributed by atoms with van der Waals surface area (Å²) in [5, 5.41) is 0. The first-order chi connectivity index (χ1) is 10.0. The number of nitrogens with zero attached hydrogens (tertiary/aromatic N) is 1. The van der Waals surface area contributed by atoms with Crippen LogP contribution in [0.4, 0.5) is 0 Å². The molecule has 0 radical (unpaired) electrons. The minimum absolute atomic E-state index is 0.141. The monoisotopic (exact) mass is 289 g/mol. The molecule has 1 saturated heterocycles. The largest absolute Gasteiger partial charge is 0.349 e. The van der Waals surface area contributed by atoms with Crippen molar-refractivity contribution in [3.63, 3.8) is 0 Å². The number of pyridine rings is 1. The van der Waals surface area contributed by atoms with E-state index in [0.717, 1.165) is 51.7 Å². The molecular weight excluding hydrogens is 262 g/mol. The second-order valence-corrected chi connectivity index (χ2v) is 7.31. The number of hydrogen-bond acceptors (Lipinski definition) is 3. The van der Waals surface area contributed by atoms with Gasteiger partial charge in [-0.15, -0.1) is 0 Å². The molecule has 1 aromatic heterocycles. The molecule has 116 valence electrons. The summed E-state index contributed by atoms with van der Waals surface area (Å²) in [6.07, 6.45) is 8.16. The van der Waals surface area contributed by atoms with Gasteiger partial charge < -0.3 is 9.47 Å². The molecule has 2 aliphatic rings. The van der Waals surface area contributed by atoms with Crippen LogP contribution in [0.2, 0.25) is 0 Å². The Morgan fingerprint density at radius 2 is 1.90 bits per heavy atom. The molecule has 1 aromatic rings. The fraction of sp³-hybridized carbons (Fsp3) is 0.722. The van der Waals surface area contributed by atoms with Crippen LogP contribution in [0, 0.1) is 5.41 Å². The molecule has 1 fully saturated rings. The molecule has 0 saturated carbocycles. The zero-order chi connectivity index (χ0) is 14.9. The lowest BCUT2D eigenvalue weighted by Crippen LogP contribution is -2.48. The summed E-state index contributed by atoms with van der Waals surface area (Å²) in [7, 11) is 0. The summed E-state index contributed by atoms with van der Waals surface area (Å²) in [5.41, 5.74) is 4.14. The molecule has 1 aliphatic carbocycles. The highest BCUT2D eigenvalue weighted by atomic mass is 16.7. The second kappa shape index (κ2) is 5.69. The van der Waals surface area contributed by atoms with Crippen LogP contribution in [0.3, 0.4) is 0 Å². The number of rotatable bonds is 1. The minimum Gasteiger partial charge on any atom is -0.349 e. The van der Waals surface area contributed by atoms with E-state index in [1.807, 2.05) is 6.20 Å². The Morgan fingerprint density at radius 1 is 1.14 bits per heavy atom. The summed E-state index contributed by atoms with van der Waals surface area (Å²) in [6.45, 7) is 8.19. The van der Waals surface area contributed by atoms with Crippen molar-refractivity contribution in [3.8, 4) is 0 Å². The zero-order valence-corrected chi connectivity index (χ0v) is 13.6. The third-order valence-corrected chi connectivity index (χ3v) is 4.72. The van der Waals surface area contributed by atoms with Gasteiger partial charge in [-0.1, -0.05) is 26.8 Å². The van der Waals surface area contributed by atoms with Crippen LogP contribution >= 0.6 is 0 Å². The zero-order valence-electron chi connectivity index (χ0n) is 13.6. The number of aromatic nitrogens is 1. The summed E-state index contributed by atoms with van der Waals surface area (Å²) >= 11 is 0. The normalized spacial score (nSPS) is 24.1. The maximum absolute atomic E-state index is 6.19. The maximum atomic E-state index is 6.19. The van der Waals surface area contributed by atoms with E-state index in [2.05, 4.69) is 31.8 Å². The standard InChI is InChI=1S/C18H27NO2/c1-4-14-10-15-7-9-18(8-5-6-16(15)19-11-14)20-12-17(2,3)13-21-18/h10-11H,4-9,12-13H2,1-3H3. The van der Waals surface area contributed by atoms with E-state index in [1.54, 1.807) is 0 Å². The fourth-order valence-corrected chi connectivity index (χ4v) is 3.22. The van der Waals surface area contributed by atoms with Crippen molar-refractivity contribution in [2.24, 2.45) is 5.41 Å². The third kappa shape index (κ3) is 3.29. The Kier molecular flexibility index (Phi) is 4.06. The quantitative estimate of drug-likeness (QED) is 0.790. The van der Waals surface area contributed by atoms with E-state index >= 15 is 0 Å². The van der Waals surface area contributed by atoms with Crippen molar-refractivity contribution >= 4 is 0 Å². The first-order valence-electron chi connectivity index (χ1n) is 8.27. The first kappa shape index (κ1) is 15.0. The van der Waals surface area contributed by atoms with E-state index in [9.17, 15) is 0 Å². The van der Waals surface area contributed by atoms with Gasteiger partial charge in [0.2, 0.25) is 0 Å². The Balaban J connectivity index is 1.76. The van der Waals surface area contributed by atoms with Gasteiger partial charge in [0, 0.05) is 30.1 Å². The van der Waals surface area contributed by atoms with Crippen LogP contribution in [-0.2, 0) is 28.7 Å². The first-order valence-corrected chi connectivity index (χ1v) is 8.27. The van der Waals surface area contributed by atoms with Gasteiger partial charge in [-0.25, -0.2) is 0 Å². The molecule has 3 nitrogen and oxygen atoms in total. The van der Waals surface area contributed by atoms with Gasteiger partial charge in [0.25, 0.3) is 0 Å². The predicted molar refractivity (Wildman–Crippen MR) is 83.3 cm³/mol. The molecule has 0 amide bonds. The number of aryl methyl sites for hydroxylation is 3. The molecule has 1 spiro atoms. The minimum atomic E-state index is -0.352. The van der Waals surface area contributed by atoms with Crippen molar-refractivity contribution in [3.05, 3.63) is 29.1 Å². The summed E-state index contributed by atoms with van der Waals surface area (Å²) < 4.78 is 12.4. The van der Waals surface area contributed by atoms with E-state index in [1.165, 1.54) is 16.8 Å². The van der Waals surface area contributed by atoms with E-state index in [0.29, 0.717) is 0 Å². The van der Waals surface area contributed by atoms with Crippen molar-refractivity contribution in [2.75, 3.05) is 13.2 Å². The van der Waals surface area contributed by atoms with E-state index in [4.69, 9.17) is 9.47 Å². The van der Waals surface area contributed by atoms with Crippen molar-refractivity contribution < 1.29 is 9.47 Å². The molecular formula is C18H27NO2. The SMILES string of the molecule is CCc1cnc2c(c1)CCC1(CCC2)OCC(C)(C)CO1. The van der Waals surface area contributed by atoms with Gasteiger partial charge in [-0.05, 0) is 36.8 Å². The highest BCUT2D eigenvalue weighted by Crippen LogP contribution is 2.37. The Hall–Kier alpha value is -0.930. The summed E-state index contributed by atoms with van der Waals surface area (Å²) in [5.74, 6) is -0.352. The molecule has 0 aromatic carbocycles. The summed E-state index contributed by atoms with van der Waals surface area (Å²) in [4.78, 5) is 4.67. The highest BCUT2D eigenvalue weighted by Gasteiger charge is 2.40. The molecule has 2 heterocycles. The highest BCUT2D eigenvalue weighted by molar-refractivity contribution is 5.26. The average Bonchev–Trinajstić information content (AvgIpc) is 2.46. The lowest BCUT2D eigenvalue weighted by atomic mass is 9.89. The second-order valence-electron chi connectivity index (χ2n) is 7.31. The predicted octanol–water partition coefficient (Wildman–Crippen LogP) is 3.68. The van der Waals surface area contributed by atoms with Crippen LogP contribution in [0.5, 0.6) is 0 Å². The van der Waals surface area contributed by atoms with Crippen LogP contribution < -0.4 is 0 Å². The van der Waals surface area contributed by atoms with E-state index in [-0.39, 0.29) is 11.2 Å². The Morgan fingerprint density at radius 3 is 2.62 bits per heavy atom. The molecule has 3 heteroatoms. The van der Waals surface area contributed by atoms with Crippen LogP contribution in [0.25, 0.3) is 0 Å². The van der Waals surface area contributed by atoms with Gasteiger partial charge in [0.05, 0.1) is 13.2 Å². The lowest BCUT2D eigenvalue weighted by Gasteiger charge is -2.44. The maximum Gasteiger partial charge on any atom is 0.168 e. The molecule has 0 N–H and O–H groups in total. The molecule has 21 heavy (non-hydrogen) atoms. The van der Waals surface area contributed by atoms with Crippen molar-refractivity contribution in [1.82, 2.24) is 4.98 Å². The Bertz CT molecular complexity index is 500. The Labute approximate surface area is 128 Å². The average molecular weight is 289 g/mol. The molecule has 3 rings (SSSR count). The molecule has 0 bridgehead atoms. The number of ether oxygens (including phenoxy) is 2. The third-order valence-electron chi connectivity index (χ3n) is 4.72. The molecule has 0 atom stereocenters. The van der Waals surface area contributed by atoms with Gasteiger partial charge in [0.15, 0.2) is 5.79 Å². The van der Waals surface area contributed by atoms with Crippen LogP contribution in [-0.4, -0.2) is 24.0 Å².